The molecule has 1 atom stereocenters. The molecule has 144 valence electrons. The number of aryl methyl sites for hydroxylation is 2. The van der Waals surface area contributed by atoms with Gasteiger partial charge in [0.05, 0.1) is 29.4 Å². The number of halogens is 1. The molecule has 0 saturated carbocycles. The summed E-state index contributed by atoms with van der Waals surface area (Å²) < 4.78 is 19.2. The van der Waals surface area contributed by atoms with Gasteiger partial charge < -0.3 is 9.42 Å². The van der Waals surface area contributed by atoms with Gasteiger partial charge in [-0.1, -0.05) is 23.4 Å². The van der Waals surface area contributed by atoms with Gasteiger partial charge in [0.25, 0.3) is 0 Å². The van der Waals surface area contributed by atoms with E-state index in [1.165, 1.54) is 6.07 Å². The van der Waals surface area contributed by atoms with Crippen LogP contribution in [0.5, 0.6) is 0 Å². The molecule has 3 aromatic rings. The van der Waals surface area contributed by atoms with Crippen molar-refractivity contribution in [3.05, 3.63) is 65.1 Å². The molecule has 0 unspecified atom stereocenters. The van der Waals surface area contributed by atoms with Crippen LogP contribution in [0.25, 0.3) is 11.4 Å². The number of hydrogen-bond acceptors (Lipinski definition) is 5. The van der Waals surface area contributed by atoms with Crippen molar-refractivity contribution in [1.29, 1.82) is 0 Å². The summed E-state index contributed by atoms with van der Waals surface area (Å²) in [4.78, 5) is 23.7. The molecule has 1 aromatic carbocycles. The van der Waals surface area contributed by atoms with Crippen LogP contribution in [0.3, 0.4) is 0 Å². The van der Waals surface area contributed by atoms with Gasteiger partial charge >= 0.3 is 0 Å². The van der Waals surface area contributed by atoms with Crippen molar-refractivity contribution in [3.8, 4) is 11.4 Å². The number of rotatable bonds is 4. The molecule has 0 spiro atoms. The van der Waals surface area contributed by atoms with Gasteiger partial charge in [0.1, 0.15) is 11.6 Å². The lowest BCUT2D eigenvalue weighted by atomic mass is 10.1. The number of carbonyl (C=O) groups excluding carboxylic acids is 1. The van der Waals surface area contributed by atoms with Gasteiger partial charge in [-0.15, -0.1) is 0 Å². The fraction of sp³-hybridized carbons (Fsp3) is 0.333. The molecule has 0 aliphatic carbocycles. The van der Waals surface area contributed by atoms with Crippen molar-refractivity contribution < 1.29 is 13.7 Å². The minimum atomic E-state index is -0.352. The van der Waals surface area contributed by atoms with Gasteiger partial charge in [0.2, 0.25) is 5.91 Å². The first-order valence-corrected chi connectivity index (χ1v) is 9.33. The zero-order chi connectivity index (χ0) is 19.7. The smallest absolute Gasteiger partial charge is 0.227 e. The molecule has 0 bridgehead atoms. The average Bonchev–Trinajstić information content (AvgIpc) is 3.30. The molecule has 7 heteroatoms. The van der Waals surface area contributed by atoms with E-state index in [-0.39, 0.29) is 24.2 Å². The zero-order valence-electron chi connectivity index (χ0n) is 15.9. The molecule has 4 rings (SSSR count). The molecule has 2 aromatic heterocycles. The Morgan fingerprint density at radius 3 is 2.86 bits per heavy atom. The molecule has 1 amide bonds. The van der Waals surface area contributed by atoms with E-state index in [0.717, 1.165) is 29.8 Å². The Kier molecular flexibility index (Phi) is 4.90. The lowest BCUT2D eigenvalue weighted by Crippen LogP contribution is -2.32. The van der Waals surface area contributed by atoms with Gasteiger partial charge in [0, 0.05) is 12.7 Å². The molecule has 0 radical (unpaired) electrons. The summed E-state index contributed by atoms with van der Waals surface area (Å²) in [5.74, 6) is 0.759. The van der Waals surface area contributed by atoms with E-state index >= 15 is 0 Å². The first kappa shape index (κ1) is 18.3. The van der Waals surface area contributed by atoms with Crippen molar-refractivity contribution in [3.63, 3.8) is 0 Å². The second kappa shape index (κ2) is 7.50. The van der Waals surface area contributed by atoms with Crippen LogP contribution in [-0.4, -0.2) is 32.5 Å². The van der Waals surface area contributed by atoms with E-state index in [1.807, 2.05) is 19.9 Å². The highest BCUT2D eigenvalue weighted by atomic mass is 19.1. The molecule has 1 aliphatic rings. The summed E-state index contributed by atoms with van der Waals surface area (Å²) in [6.45, 7) is 4.31. The lowest BCUT2D eigenvalue weighted by Gasteiger charge is -2.24. The van der Waals surface area contributed by atoms with E-state index in [9.17, 15) is 9.18 Å². The maximum absolute atomic E-state index is 13.9. The molecular weight excluding hydrogens is 359 g/mol. The summed E-state index contributed by atoms with van der Waals surface area (Å²) in [7, 11) is 0. The van der Waals surface area contributed by atoms with E-state index in [1.54, 1.807) is 29.3 Å². The summed E-state index contributed by atoms with van der Waals surface area (Å²) in [6, 6.07) is 8.10. The third-order valence-electron chi connectivity index (χ3n) is 5.15. The Hall–Kier alpha value is -3.09. The number of amides is 1. The molecule has 6 nitrogen and oxygen atoms in total. The van der Waals surface area contributed by atoms with Crippen molar-refractivity contribution in [2.45, 2.75) is 39.2 Å². The number of aromatic nitrogens is 3. The number of carbonyl (C=O) groups is 1. The van der Waals surface area contributed by atoms with Crippen LogP contribution >= 0.6 is 0 Å². The SMILES string of the molecule is Cc1noc(C)c1-c1nccc([C@H]2CCCN2C(=O)Cc2ccccc2F)n1. The summed E-state index contributed by atoms with van der Waals surface area (Å²) in [5.41, 5.74) is 2.71. The van der Waals surface area contributed by atoms with Crippen LogP contribution in [0.2, 0.25) is 0 Å². The molecule has 0 N–H and O–H groups in total. The fourth-order valence-corrected chi connectivity index (χ4v) is 3.76. The highest BCUT2D eigenvalue weighted by Crippen LogP contribution is 2.33. The molecular formula is C21H21FN4O2. The van der Waals surface area contributed by atoms with Gasteiger partial charge in [-0.3, -0.25) is 4.79 Å². The second-order valence-corrected chi connectivity index (χ2v) is 7.02. The molecule has 3 heterocycles. The Balaban J connectivity index is 1.59. The third-order valence-corrected chi connectivity index (χ3v) is 5.15. The van der Waals surface area contributed by atoms with Crippen LogP contribution in [0.1, 0.15) is 41.6 Å². The Labute approximate surface area is 162 Å². The zero-order valence-corrected chi connectivity index (χ0v) is 15.9. The highest BCUT2D eigenvalue weighted by molar-refractivity contribution is 5.79. The van der Waals surface area contributed by atoms with E-state index in [4.69, 9.17) is 9.51 Å². The first-order chi connectivity index (χ1) is 13.5. The number of benzene rings is 1. The van der Waals surface area contributed by atoms with Gasteiger partial charge in [-0.25, -0.2) is 14.4 Å². The van der Waals surface area contributed by atoms with Crippen molar-refractivity contribution in [2.24, 2.45) is 0 Å². The predicted molar refractivity (Wildman–Crippen MR) is 101 cm³/mol. The number of nitrogens with zero attached hydrogens (tertiary/aromatic N) is 4. The van der Waals surface area contributed by atoms with Crippen LogP contribution in [0, 0.1) is 19.7 Å². The van der Waals surface area contributed by atoms with Crippen molar-refractivity contribution in [2.75, 3.05) is 6.54 Å². The standard InChI is InChI=1S/C21H21FN4O2/c1-13-20(14(2)28-25-13)21-23-10-9-17(24-21)18-8-5-11-26(18)19(27)12-15-6-3-4-7-16(15)22/h3-4,6-7,9-10,18H,5,8,11-12H2,1-2H3/t18-/m1/s1. The largest absolute Gasteiger partial charge is 0.361 e. The minimum absolute atomic E-state index is 0.0466. The van der Waals surface area contributed by atoms with Crippen molar-refractivity contribution in [1.82, 2.24) is 20.0 Å². The summed E-state index contributed by atoms with van der Waals surface area (Å²) >= 11 is 0. The topological polar surface area (TPSA) is 72.1 Å². The van der Waals surface area contributed by atoms with Crippen LogP contribution < -0.4 is 0 Å². The molecule has 1 saturated heterocycles. The van der Waals surface area contributed by atoms with Crippen LogP contribution in [0.4, 0.5) is 4.39 Å². The molecule has 1 fully saturated rings. The number of hydrogen-bond donors (Lipinski definition) is 0. The Morgan fingerprint density at radius 2 is 2.11 bits per heavy atom. The normalized spacial score (nSPS) is 16.5. The quantitative estimate of drug-likeness (QED) is 0.689. The monoisotopic (exact) mass is 380 g/mol. The highest BCUT2D eigenvalue weighted by Gasteiger charge is 2.31. The molecule has 28 heavy (non-hydrogen) atoms. The maximum Gasteiger partial charge on any atom is 0.227 e. The average molecular weight is 380 g/mol. The van der Waals surface area contributed by atoms with E-state index in [0.29, 0.717) is 23.7 Å². The maximum atomic E-state index is 13.9. The number of likely N-dealkylation sites (tertiary alicyclic amines) is 1. The van der Waals surface area contributed by atoms with Crippen molar-refractivity contribution >= 4 is 5.91 Å². The van der Waals surface area contributed by atoms with Crippen LogP contribution in [-0.2, 0) is 11.2 Å². The fourth-order valence-electron chi connectivity index (χ4n) is 3.76. The summed E-state index contributed by atoms with van der Waals surface area (Å²) in [5, 5.41) is 3.96. The Bertz CT molecular complexity index is 998. The Morgan fingerprint density at radius 1 is 1.29 bits per heavy atom. The summed E-state index contributed by atoms with van der Waals surface area (Å²) in [6.07, 6.45) is 3.45. The molecule has 1 aliphatic heterocycles. The van der Waals surface area contributed by atoms with Crippen LogP contribution in [0.15, 0.2) is 41.1 Å². The van der Waals surface area contributed by atoms with Gasteiger partial charge in [-0.2, -0.15) is 0 Å². The minimum Gasteiger partial charge on any atom is -0.361 e. The third kappa shape index (κ3) is 3.40. The predicted octanol–water partition coefficient (Wildman–Crippen LogP) is 3.79. The van der Waals surface area contributed by atoms with Gasteiger partial charge in [0.15, 0.2) is 5.82 Å². The first-order valence-electron chi connectivity index (χ1n) is 9.33. The lowest BCUT2D eigenvalue weighted by molar-refractivity contribution is -0.131. The second-order valence-electron chi connectivity index (χ2n) is 7.02. The van der Waals surface area contributed by atoms with E-state index < -0.39 is 0 Å². The van der Waals surface area contributed by atoms with E-state index in [2.05, 4.69) is 10.1 Å². The van der Waals surface area contributed by atoms with Gasteiger partial charge in [-0.05, 0) is 44.4 Å².